The van der Waals surface area contributed by atoms with Crippen molar-refractivity contribution < 1.29 is 28.6 Å². The van der Waals surface area contributed by atoms with Crippen molar-refractivity contribution in [3.05, 3.63) is 0 Å². The fourth-order valence-corrected chi connectivity index (χ4v) is 8.27. The molecule has 0 aliphatic heterocycles. The van der Waals surface area contributed by atoms with Crippen molar-refractivity contribution in [3.63, 3.8) is 0 Å². The largest absolute Gasteiger partial charge is 0.462 e. The number of esters is 3. The fourth-order valence-electron chi connectivity index (χ4n) is 8.27. The first kappa shape index (κ1) is 58.4. The third kappa shape index (κ3) is 47.5. The minimum Gasteiger partial charge on any atom is -0.462 e. The van der Waals surface area contributed by atoms with E-state index in [1.165, 1.54) is 212 Å². The maximum Gasteiger partial charge on any atom is 0.306 e. The molecule has 1 atom stereocenters. The SMILES string of the molecule is CCCCCCCCCCCCCCCCCCCCCC(=O)O[C@@H](COC(=O)CCCCCCCCCCCC)COC(=O)CCCCCCCCCCCCCCC. The second-order valence-corrected chi connectivity index (χ2v) is 18.5. The average Bonchev–Trinajstić information content (AvgIpc) is 3.24. The number of carbonyl (C=O) groups excluding carboxylic acids is 3. The molecule has 0 aliphatic carbocycles. The Balaban J connectivity index is 4.24. The van der Waals surface area contributed by atoms with E-state index in [1.807, 2.05) is 0 Å². The standard InChI is InChI=1S/C54H104O6/c1-4-7-10-13-16-19-22-24-25-26-27-28-29-31-33-36-39-42-45-48-54(57)60-51(49-58-52(55)46-43-40-37-34-21-18-15-12-9-6-3)50-59-53(56)47-44-41-38-35-32-30-23-20-17-14-11-8-5-2/h51H,4-50H2,1-3H3/t51-/m0/s1. The zero-order valence-corrected chi connectivity index (χ0v) is 40.8. The predicted molar refractivity (Wildman–Crippen MR) is 257 cm³/mol. The second kappa shape index (κ2) is 50.1. The summed E-state index contributed by atoms with van der Waals surface area (Å²) in [6.07, 6.45) is 53.8. The molecule has 0 aromatic heterocycles. The van der Waals surface area contributed by atoms with Gasteiger partial charge in [0.1, 0.15) is 13.2 Å². The first-order valence-electron chi connectivity index (χ1n) is 27.0. The van der Waals surface area contributed by atoms with Crippen molar-refractivity contribution in [1.29, 1.82) is 0 Å². The van der Waals surface area contributed by atoms with Gasteiger partial charge < -0.3 is 14.2 Å². The second-order valence-electron chi connectivity index (χ2n) is 18.5. The number of hydrogen-bond donors (Lipinski definition) is 0. The summed E-state index contributed by atoms with van der Waals surface area (Å²) in [5, 5.41) is 0. The monoisotopic (exact) mass is 849 g/mol. The molecule has 0 rings (SSSR count). The van der Waals surface area contributed by atoms with Crippen LogP contribution in [0.5, 0.6) is 0 Å². The van der Waals surface area contributed by atoms with Gasteiger partial charge in [0.15, 0.2) is 6.10 Å². The lowest BCUT2D eigenvalue weighted by atomic mass is 10.0. The van der Waals surface area contributed by atoms with Crippen molar-refractivity contribution in [1.82, 2.24) is 0 Å². The molecule has 356 valence electrons. The zero-order chi connectivity index (χ0) is 43.7. The highest BCUT2D eigenvalue weighted by Gasteiger charge is 2.19. The molecule has 0 radical (unpaired) electrons. The van der Waals surface area contributed by atoms with E-state index in [9.17, 15) is 14.4 Å². The topological polar surface area (TPSA) is 78.9 Å². The van der Waals surface area contributed by atoms with Gasteiger partial charge in [-0.15, -0.1) is 0 Å². The summed E-state index contributed by atoms with van der Waals surface area (Å²) in [5.41, 5.74) is 0. The third-order valence-electron chi connectivity index (χ3n) is 12.4. The van der Waals surface area contributed by atoms with E-state index in [-0.39, 0.29) is 31.1 Å². The van der Waals surface area contributed by atoms with Gasteiger partial charge in [0.25, 0.3) is 0 Å². The molecule has 6 heteroatoms. The molecule has 0 amide bonds. The molecule has 0 unspecified atom stereocenters. The van der Waals surface area contributed by atoms with E-state index in [0.717, 1.165) is 57.8 Å². The molecular formula is C54H104O6. The molecule has 0 spiro atoms. The number of carbonyl (C=O) groups is 3. The summed E-state index contributed by atoms with van der Waals surface area (Å²) >= 11 is 0. The van der Waals surface area contributed by atoms with Crippen molar-refractivity contribution in [2.75, 3.05) is 13.2 Å². The van der Waals surface area contributed by atoms with Crippen molar-refractivity contribution in [2.24, 2.45) is 0 Å². The highest BCUT2D eigenvalue weighted by molar-refractivity contribution is 5.71. The van der Waals surface area contributed by atoms with Gasteiger partial charge in [-0.2, -0.15) is 0 Å². The molecule has 0 heterocycles. The minimum absolute atomic E-state index is 0.0618. The van der Waals surface area contributed by atoms with Crippen LogP contribution >= 0.6 is 0 Å². The molecule has 0 saturated carbocycles. The summed E-state index contributed by atoms with van der Waals surface area (Å²) in [4.78, 5) is 37.9. The molecule has 0 aliphatic rings. The Morgan fingerprint density at radius 1 is 0.267 bits per heavy atom. The zero-order valence-electron chi connectivity index (χ0n) is 40.8. The summed E-state index contributed by atoms with van der Waals surface area (Å²) in [7, 11) is 0. The summed E-state index contributed by atoms with van der Waals surface area (Å²) in [5.74, 6) is -0.840. The lowest BCUT2D eigenvalue weighted by Gasteiger charge is -2.18. The molecule has 0 aromatic rings. The molecule has 0 aromatic carbocycles. The molecule has 0 N–H and O–H groups in total. The average molecular weight is 849 g/mol. The van der Waals surface area contributed by atoms with Crippen molar-refractivity contribution >= 4 is 17.9 Å². The Bertz CT molecular complexity index is 889. The van der Waals surface area contributed by atoms with Crippen LogP contribution in [0.2, 0.25) is 0 Å². The van der Waals surface area contributed by atoms with E-state index >= 15 is 0 Å². The predicted octanol–water partition coefficient (Wildman–Crippen LogP) is 17.6. The summed E-state index contributed by atoms with van der Waals surface area (Å²) < 4.78 is 16.8. The first-order valence-corrected chi connectivity index (χ1v) is 27.0. The van der Waals surface area contributed by atoms with Crippen molar-refractivity contribution in [3.8, 4) is 0 Å². The van der Waals surface area contributed by atoms with Gasteiger partial charge in [-0.25, -0.2) is 0 Å². The maximum absolute atomic E-state index is 12.8. The van der Waals surface area contributed by atoms with Gasteiger partial charge in [-0.1, -0.05) is 271 Å². The van der Waals surface area contributed by atoms with Crippen molar-refractivity contribution in [2.45, 2.75) is 316 Å². The molecule has 0 fully saturated rings. The quantitative estimate of drug-likeness (QED) is 0.0345. The van der Waals surface area contributed by atoms with Gasteiger partial charge in [-0.3, -0.25) is 14.4 Å². The maximum atomic E-state index is 12.8. The van der Waals surface area contributed by atoms with Crippen LogP contribution in [0.25, 0.3) is 0 Å². The normalized spacial score (nSPS) is 11.8. The fraction of sp³-hybridized carbons (Fsp3) is 0.944. The highest BCUT2D eigenvalue weighted by atomic mass is 16.6. The van der Waals surface area contributed by atoms with Crippen LogP contribution in [0.1, 0.15) is 310 Å². The number of rotatable bonds is 50. The number of ether oxygens (including phenoxy) is 3. The van der Waals surface area contributed by atoms with E-state index in [0.29, 0.717) is 19.3 Å². The van der Waals surface area contributed by atoms with Gasteiger partial charge in [0, 0.05) is 19.3 Å². The van der Waals surface area contributed by atoms with Crippen LogP contribution in [0.4, 0.5) is 0 Å². The van der Waals surface area contributed by atoms with E-state index in [1.54, 1.807) is 0 Å². The molecule has 0 bridgehead atoms. The van der Waals surface area contributed by atoms with Gasteiger partial charge in [0.2, 0.25) is 0 Å². The van der Waals surface area contributed by atoms with Crippen LogP contribution < -0.4 is 0 Å². The molecule has 0 saturated heterocycles. The van der Waals surface area contributed by atoms with Crippen LogP contribution in [0.15, 0.2) is 0 Å². The molecule has 60 heavy (non-hydrogen) atoms. The van der Waals surface area contributed by atoms with E-state index < -0.39 is 6.10 Å². The lowest BCUT2D eigenvalue weighted by Crippen LogP contribution is -2.30. The van der Waals surface area contributed by atoms with Crippen LogP contribution in [0, 0.1) is 0 Å². The Labute approximate surface area is 374 Å². The lowest BCUT2D eigenvalue weighted by molar-refractivity contribution is -0.167. The summed E-state index contributed by atoms with van der Waals surface area (Å²) in [6.45, 7) is 6.68. The number of unbranched alkanes of at least 4 members (excludes halogenated alkanes) is 39. The third-order valence-corrected chi connectivity index (χ3v) is 12.4. The molecule has 6 nitrogen and oxygen atoms in total. The minimum atomic E-state index is -0.759. The molecular weight excluding hydrogens is 745 g/mol. The van der Waals surface area contributed by atoms with Gasteiger partial charge in [0.05, 0.1) is 0 Å². The van der Waals surface area contributed by atoms with E-state index in [2.05, 4.69) is 20.8 Å². The van der Waals surface area contributed by atoms with E-state index in [4.69, 9.17) is 14.2 Å². The Kier molecular flexibility index (Phi) is 48.7. The van der Waals surface area contributed by atoms with Crippen LogP contribution in [-0.2, 0) is 28.6 Å². The smallest absolute Gasteiger partial charge is 0.306 e. The van der Waals surface area contributed by atoms with Gasteiger partial charge >= 0.3 is 17.9 Å². The first-order chi connectivity index (χ1) is 29.5. The number of hydrogen-bond acceptors (Lipinski definition) is 6. The van der Waals surface area contributed by atoms with Crippen LogP contribution in [-0.4, -0.2) is 37.2 Å². The Hall–Kier alpha value is -1.59. The Morgan fingerprint density at radius 3 is 0.667 bits per heavy atom. The van der Waals surface area contributed by atoms with Gasteiger partial charge in [-0.05, 0) is 19.3 Å². The van der Waals surface area contributed by atoms with Crippen LogP contribution in [0.3, 0.4) is 0 Å². The Morgan fingerprint density at radius 2 is 0.450 bits per heavy atom. The summed E-state index contributed by atoms with van der Waals surface area (Å²) in [6, 6.07) is 0. The highest BCUT2D eigenvalue weighted by Crippen LogP contribution is 2.17.